The Labute approximate surface area is 199 Å². The molecule has 0 aliphatic heterocycles. The summed E-state index contributed by atoms with van der Waals surface area (Å²) in [6.45, 7) is 8.78. The summed E-state index contributed by atoms with van der Waals surface area (Å²) >= 11 is 0. The highest BCUT2D eigenvalue weighted by atomic mass is 16.3. The molecule has 192 valence electrons. The van der Waals surface area contributed by atoms with Crippen LogP contribution in [0.5, 0.6) is 0 Å². The van der Waals surface area contributed by atoms with Crippen molar-refractivity contribution in [2.24, 2.45) is 46.3 Å². The molecule has 0 aromatic rings. The topological polar surface area (TPSA) is 121 Å². The largest absolute Gasteiger partial charge is 0.396 e. The molecule has 0 saturated heterocycles. The third-order valence-electron chi connectivity index (χ3n) is 11.3. The van der Waals surface area contributed by atoms with Gasteiger partial charge >= 0.3 is 0 Å². The molecule has 0 heterocycles. The van der Waals surface area contributed by atoms with Gasteiger partial charge in [0.25, 0.3) is 0 Å². The van der Waals surface area contributed by atoms with Crippen LogP contribution in [0.4, 0.5) is 0 Å². The zero-order valence-electron chi connectivity index (χ0n) is 21.0. The zero-order chi connectivity index (χ0) is 24.3. The molecule has 4 rings (SSSR count). The first-order chi connectivity index (χ1) is 15.4. The Hall–Kier alpha value is -0.240. The minimum atomic E-state index is -1.29. The average molecular weight is 469 g/mol. The van der Waals surface area contributed by atoms with Crippen molar-refractivity contribution in [2.75, 3.05) is 6.61 Å². The van der Waals surface area contributed by atoms with Crippen LogP contribution < -0.4 is 0 Å². The van der Waals surface area contributed by atoms with E-state index in [1.165, 1.54) is 0 Å². The standard InChI is InChI=1S/C27H48O6/c1-15(14-28)6-5-7-16(2)21-23(31)24(32)22-18-12-20(30)27(33)13-17(29)8-11-26(27,4)19(18)9-10-25(21,22)3/h15-24,28-33H,5-14H2,1-4H3/t15-,16-,17+,18-,19+,20-,21+,22-,23-,24-,25-,26-,27+/m1/s1. The van der Waals surface area contributed by atoms with Crippen LogP contribution in [0.2, 0.25) is 0 Å². The van der Waals surface area contributed by atoms with Crippen molar-refractivity contribution in [3.05, 3.63) is 0 Å². The molecule has 4 saturated carbocycles. The molecule has 33 heavy (non-hydrogen) atoms. The Kier molecular flexibility index (Phi) is 7.05. The van der Waals surface area contributed by atoms with E-state index < -0.39 is 35.4 Å². The van der Waals surface area contributed by atoms with Crippen LogP contribution in [0.1, 0.15) is 85.5 Å². The van der Waals surface area contributed by atoms with E-state index in [9.17, 15) is 30.6 Å². The summed E-state index contributed by atoms with van der Waals surface area (Å²) in [6.07, 6.45) is 3.59. The van der Waals surface area contributed by atoms with Crippen molar-refractivity contribution in [1.82, 2.24) is 0 Å². The van der Waals surface area contributed by atoms with Gasteiger partial charge in [0.2, 0.25) is 0 Å². The highest BCUT2D eigenvalue weighted by molar-refractivity contribution is 5.19. The van der Waals surface area contributed by atoms with Gasteiger partial charge in [0.1, 0.15) is 0 Å². The molecule has 0 amide bonds. The van der Waals surface area contributed by atoms with E-state index in [0.717, 1.165) is 32.1 Å². The molecule has 13 atom stereocenters. The molecule has 6 heteroatoms. The number of hydrogen-bond acceptors (Lipinski definition) is 6. The maximum Gasteiger partial charge on any atom is 0.0985 e. The second-order valence-electron chi connectivity index (χ2n) is 13.0. The average Bonchev–Trinajstić information content (AvgIpc) is 2.95. The van der Waals surface area contributed by atoms with Crippen molar-refractivity contribution in [3.8, 4) is 0 Å². The number of rotatable bonds is 6. The third-order valence-corrected chi connectivity index (χ3v) is 11.3. The van der Waals surface area contributed by atoms with Crippen molar-refractivity contribution >= 4 is 0 Å². The molecular weight excluding hydrogens is 420 g/mol. The van der Waals surface area contributed by atoms with Crippen molar-refractivity contribution in [1.29, 1.82) is 0 Å². The van der Waals surface area contributed by atoms with Crippen LogP contribution in [0.3, 0.4) is 0 Å². The van der Waals surface area contributed by atoms with Crippen LogP contribution in [0, 0.1) is 46.3 Å². The van der Waals surface area contributed by atoms with Crippen molar-refractivity contribution < 1.29 is 30.6 Å². The molecule has 0 aromatic carbocycles. The predicted octanol–water partition coefficient (Wildman–Crippen LogP) is 2.47. The van der Waals surface area contributed by atoms with Crippen molar-refractivity contribution in [2.45, 2.75) is 115 Å². The van der Waals surface area contributed by atoms with Gasteiger partial charge in [-0.15, -0.1) is 0 Å². The Morgan fingerprint density at radius 2 is 1.64 bits per heavy atom. The fourth-order valence-corrected chi connectivity index (χ4v) is 9.43. The Bertz CT molecular complexity index is 702. The Balaban J connectivity index is 1.58. The molecule has 4 aliphatic rings. The molecule has 4 fully saturated rings. The molecule has 0 unspecified atom stereocenters. The van der Waals surface area contributed by atoms with Gasteiger partial charge in [-0.1, -0.05) is 40.5 Å². The molecule has 4 aliphatic carbocycles. The first kappa shape index (κ1) is 25.8. The summed E-state index contributed by atoms with van der Waals surface area (Å²) in [4.78, 5) is 0. The summed E-state index contributed by atoms with van der Waals surface area (Å²) in [6, 6.07) is 0. The first-order valence-electron chi connectivity index (χ1n) is 13.5. The van der Waals surface area contributed by atoms with E-state index in [0.29, 0.717) is 19.3 Å². The van der Waals surface area contributed by atoms with Crippen LogP contribution in [0.15, 0.2) is 0 Å². The fraction of sp³-hybridized carbons (Fsp3) is 1.00. The Morgan fingerprint density at radius 3 is 2.30 bits per heavy atom. The second-order valence-corrected chi connectivity index (χ2v) is 13.0. The Morgan fingerprint density at radius 1 is 0.939 bits per heavy atom. The number of hydrogen-bond donors (Lipinski definition) is 6. The smallest absolute Gasteiger partial charge is 0.0985 e. The highest BCUT2D eigenvalue weighted by Crippen LogP contribution is 2.69. The van der Waals surface area contributed by atoms with Gasteiger partial charge in [0.05, 0.1) is 30.0 Å². The summed E-state index contributed by atoms with van der Waals surface area (Å²) in [5.41, 5.74) is -2.00. The van der Waals surface area contributed by atoms with E-state index in [4.69, 9.17) is 0 Å². The van der Waals surface area contributed by atoms with Gasteiger partial charge in [0, 0.05) is 18.4 Å². The fourth-order valence-electron chi connectivity index (χ4n) is 9.43. The number of fused-ring (bicyclic) bond motifs is 5. The molecule has 6 nitrogen and oxygen atoms in total. The van der Waals surface area contributed by atoms with Crippen LogP contribution >= 0.6 is 0 Å². The normalized spacial score (nSPS) is 53.6. The SMILES string of the molecule is C[C@@H](CO)CCC[C@@H](C)[C@H]1[C@@H](O)[C@H](O)[C@H]2[C@@H]3C[C@@H](O)[C@@]4(O)C[C@@H](O)CC[C@]4(C)[C@H]3CC[C@]12C. The van der Waals surface area contributed by atoms with E-state index in [-0.39, 0.29) is 54.0 Å². The maximum absolute atomic E-state index is 11.6. The monoisotopic (exact) mass is 468 g/mol. The lowest BCUT2D eigenvalue weighted by atomic mass is 9.42. The van der Waals surface area contributed by atoms with E-state index >= 15 is 0 Å². The third kappa shape index (κ3) is 3.82. The molecule has 6 N–H and O–H groups in total. The molecule has 0 bridgehead atoms. The highest BCUT2D eigenvalue weighted by Gasteiger charge is 2.70. The minimum Gasteiger partial charge on any atom is -0.396 e. The number of aliphatic hydroxyl groups excluding tert-OH is 5. The lowest BCUT2D eigenvalue weighted by Gasteiger charge is -2.65. The van der Waals surface area contributed by atoms with E-state index in [1.807, 2.05) is 0 Å². The van der Waals surface area contributed by atoms with Crippen LogP contribution in [-0.2, 0) is 0 Å². The summed E-state index contributed by atoms with van der Waals surface area (Å²) in [5.74, 6) is 0.665. The predicted molar refractivity (Wildman–Crippen MR) is 126 cm³/mol. The quantitative estimate of drug-likeness (QED) is 0.356. The van der Waals surface area contributed by atoms with E-state index in [2.05, 4.69) is 27.7 Å². The summed E-state index contributed by atoms with van der Waals surface area (Å²) in [7, 11) is 0. The van der Waals surface area contributed by atoms with Gasteiger partial charge < -0.3 is 30.6 Å². The second kappa shape index (κ2) is 9.01. The summed E-state index contributed by atoms with van der Waals surface area (Å²) < 4.78 is 0. The first-order valence-corrected chi connectivity index (χ1v) is 13.5. The molecule has 0 radical (unpaired) electrons. The van der Waals surface area contributed by atoms with Crippen molar-refractivity contribution in [3.63, 3.8) is 0 Å². The van der Waals surface area contributed by atoms with Gasteiger partial charge in [-0.25, -0.2) is 0 Å². The van der Waals surface area contributed by atoms with Gasteiger partial charge in [-0.05, 0) is 79.4 Å². The molecule has 0 aromatic heterocycles. The zero-order valence-corrected chi connectivity index (χ0v) is 21.0. The lowest BCUT2D eigenvalue weighted by molar-refractivity contribution is -0.268. The van der Waals surface area contributed by atoms with Gasteiger partial charge in [-0.3, -0.25) is 0 Å². The van der Waals surface area contributed by atoms with Gasteiger partial charge in [-0.2, -0.15) is 0 Å². The molecular formula is C27H48O6. The van der Waals surface area contributed by atoms with Crippen LogP contribution in [-0.4, -0.2) is 67.3 Å². The number of aliphatic hydroxyl groups is 6. The van der Waals surface area contributed by atoms with E-state index in [1.54, 1.807) is 0 Å². The van der Waals surface area contributed by atoms with Crippen LogP contribution in [0.25, 0.3) is 0 Å². The minimum absolute atomic E-state index is 0.00169. The summed E-state index contributed by atoms with van der Waals surface area (Å²) in [5, 5.41) is 65.0. The lowest BCUT2D eigenvalue weighted by Crippen LogP contribution is -2.69. The molecule has 0 spiro atoms. The van der Waals surface area contributed by atoms with Gasteiger partial charge in [0.15, 0.2) is 0 Å². The maximum atomic E-state index is 11.6.